The maximum atomic E-state index is 5.68. The van der Waals surface area contributed by atoms with Gasteiger partial charge in [-0.15, -0.1) is 0 Å². The summed E-state index contributed by atoms with van der Waals surface area (Å²) < 4.78 is 0. The molecule has 0 aliphatic carbocycles. The molecule has 60 valence electrons. The van der Waals surface area contributed by atoms with Gasteiger partial charge in [-0.25, -0.2) is 0 Å². The molecule has 3 nitrogen and oxygen atoms in total. The Morgan fingerprint density at radius 1 is 1.36 bits per heavy atom. The van der Waals surface area contributed by atoms with Gasteiger partial charge in [-0.1, -0.05) is 15.9 Å². The summed E-state index contributed by atoms with van der Waals surface area (Å²) in [5.74, 6) is 0. The van der Waals surface area contributed by atoms with Gasteiger partial charge in [0, 0.05) is 11.5 Å². The Bertz CT molecular complexity index is 249. The molecule has 1 aromatic heterocycles. The van der Waals surface area contributed by atoms with E-state index in [2.05, 4.69) is 20.9 Å². The van der Waals surface area contributed by atoms with Gasteiger partial charge in [0.15, 0.2) is 0 Å². The van der Waals surface area contributed by atoms with E-state index in [1.807, 2.05) is 0 Å². The van der Waals surface area contributed by atoms with Gasteiger partial charge in [0.1, 0.15) is 0 Å². The number of anilines is 2. The van der Waals surface area contributed by atoms with Crippen molar-refractivity contribution in [1.29, 1.82) is 0 Å². The lowest BCUT2D eigenvalue weighted by Crippen LogP contribution is -2.01. The fourth-order valence-electron chi connectivity index (χ4n) is 0.833. The highest BCUT2D eigenvalue weighted by Crippen LogP contribution is 2.18. The number of nitrogens with zero attached hydrogens (tertiary/aromatic N) is 1. The van der Waals surface area contributed by atoms with E-state index in [0.29, 0.717) is 11.4 Å². The van der Waals surface area contributed by atoms with Crippen LogP contribution < -0.4 is 11.5 Å². The van der Waals surface area contributed by atoms with Gasteiger partial charge in [0.05, 0.1) is 17.6 Å². The summed E-state index contributed by atoms with van der Waals surface area (Å²) in [6.45, 7) is 0. The van der Waals surface area contributed by atoms with Crippen LogP contribution in [0.1, 0.15) is 5.56 Å². The van der Waals surface area contributed by atoms with Gasteiger partial charge in [0.25, 0.3) is 0 Å². The van der Waals surface area contributed by atoms with Crippen LogP contribution in [0.5, 0.6) is 0 Å². The molecule has 0 saturated heterocycles. The first-order valence-corrected chi connectivity index (χ1v) is 4.41. The summed E-state index contributed by atoms with van der Waals surface area (Å²) in [5.41, 5.74) is 13.4. The number of nitrogen functional groups attached to an aromatic ring is 2. The van der Waals surface area contributed by atoms with E-state index >= 15 is 0 Å². The number of hydrogen-bond acceptors (Lipinski definition) is 3. The molecule has 0 atom stereocenters. The van der Waals surface area contributed by atoms with Crippen LogP contribution in [0, 0.1) is 0 Å². The van der Waals surface area contributed by atoms with Crippen molar-refractivity contribution in [2.75, 3.05) is 16.8 Å². The standard InChI is InChI=1S/C7H10BrN3/c8-2-1-5-3-11-4-6(9)7(5)10/h3-4H,1-2,9H2,(H2,10,11). The molecule has 0 bridgehead atoms. The van der Waals surface area contributed by atoms with E-state index in [1.54, 1.807) is 12.4 Å². The average Bonchev–Trinajstić information content (AvgIpc) is 1.99. The van der Waals surface area contributed by atoms with E-state index in [9.17, 15) is 0 Å². The molecule has 0 radical (unpaired) electrons. The highest BCUT2D eigenvalue weighted by molar-refractivity contribution is 9.09. The third kappa shape index (κ3) is 1.83. The molecule has 0 amide bonds. The Hall–Kier alpha value is -0.770. The number of aryl methyl sites for hydroxylation is 1. The molecular weight excluding hydrogens is 206 g/mol. The van der Waals surface area contributed by atoms with E-state index in [-0.39, 0.29) is 0 Å². The molecule has 4 N–H and O–H groups in total. The molecule has 1 heterocycles. The Morgan fingerprint density at radius 2 is 2.09 bits per heavy atom. The molecule has 1 aromatic rings. The molecule has 0 spiro atoms. The summed E-state index contributed by atoms with van der Waals surface area (Å²) in [4.78, 5) is 3.94. The molecule has 0 unspecified atom stereocenters. The lowest BCUT2D eigenvalue weighted by atomic mass is 10.2. The minimum atomic E-state index is 0.559. The van der Waals surface area contributed by atoms with Crippen molar-refractivity contribution in [2.45, 2.75) is 6.42 Å². The molecule has 0 aliphatic rings. The second-order valence-electron chi connectivity index (χ2n) is 2.24. The molecular formula is C7H10BrN3. The topological polar surface area (TPSA) is 64.9 Å². The van der Waals surface area contributed by atoms with E-state index < -0.39 is 0 Å². The summed E-state index contributed by atoms with van der Waals surface area (Å²) in [6, 6.07) is 0. The van der Waals surface area contributed by atoms with Crippen molar-refractivity contribution in [3.05, 3.63) is 18.0 Å². The molecule has 0 aliphatic heterocycles. The van der Waals surface area contributed by atoms with Crippen LogP contribution >= 0.6 is 15.9 Å². The zero-order chi connectivity index (χ0) is 8.27. The van der Waals surface area contributed by atoms with Crippen molar-refractivity contribution >= 4 is 27.3 Å². The first-order valence-electron chi connectivity index (χ1n) is 3.29. The molecule has 0 saturated carbocycles. The average molecular weight is 216 g/mol. The van der Waals surface area contributed by atoms with Crippen LogP contribution in [0.4, 0.5) is 11.4 Å². The largest absolute Gasteiger partial charge is 0.397 e. The highest BCUT2D eigenvalue weighted by atomic mass is 79.9. The van der Waals surface area contributed by atoms with Crippen LogP contribution in [0.2, 0.25) is 0 Å². The predicted molar refractivity (Wildman–Crippen MR) is 50.6 cm³/mol. The van der Waals surface area contributed by atoms with Gasteiger partial charge in [0.2, 0.25) is 0 Å². The normalized spacial score (nSPS) is 9.91. The van der Waals surface area contributed by atoms with Crippen molar-refractivity contribution in [1.82, 2.24) is 4.98 Å². The van der Waals surface area contributed by atoms with Crippen LogP contribution in [0.15, 0.2) is 12.4 Å². The Labute approximate surface area is 73.9 Å². The number of halogens is 1. The lowest BCUT2D eigenvalue weighted by molar-refractivity contribution is 1.13. The van der Waals surface area contributed by atoms with Gasteiger partial charge in [-0.2, -0.15) is 0 Å². The van der Waals surface area contributed by atoms with Gasteiger partial charge in [-0.05, 0) is 12.0 Å². The smallest absolute Gasteiger partial charge is 0.0737 e. The first-order chi connectivity index (χ1) is 5.25. The zero-order valence-corrected chi connectivity index (χ0v) is 7.63. The van der Waals surface area contributed by atoms with Crippen LogP contribution in [0.3, 0.4) is 0 Å². The first kappa shape index (κ1) is 8.33. The monoisotopic (exact) mass is 215 g/mol. The zero-order valence-electron chi connectivity index (χ0n) is 6.05. The van der Waals surface area contributed by atoms with Crippen LogP contribution in [-0.2, 0) is 6.42 Å². The number of alkyl halides is 1. The van der Waals surface area contributed by atoms with Gasteiger partial charge >= 0.3 is 0 Å². The lowest BCUT2D eigenvalue weighted by Gasteiger charge is -2.04. The van der Waals surface area contributed by atoms with Crippen LogP contribution in [-0.4, -0.2) is 10.3 Å². The minimum Gasteiger partial charge on any atom is -0.397 e. The number of nitrogens with two attached hydrogens (primary N) is 2. The number of pyridine rings is 1. The summed E-state index contributed by atoms with van der Waals surface area (Å²) >= 11 is 3.32. The number of rotatable bonds is 2. The maximum absolute atomic E-state index is 5.68. The highest BCUT2D eigenvalue weighted by Gasteiger charge is 2.00. The summed E-state index contributed by atoms with van der Waals surface area (Å²) in [5, 5.41) is 0.877. The van der Waals surface area contributed by atoms with E-state index in [1.165, 1.54) is 0 Å². The number of aromatic nitrogens is 1. The predicted octanol–water partition coefficient (Wildman–Crippen LogP) is 1.18. The fourth-order valence-corrected chi connectivity index (χ4v) is 1.26. The van der Waals surface area contributed by atoms with E-state index in [0.717, 1.165) is 17.3 Å². The van der Waals surface area contributed by atoms with E-state index in [4.69, 9.17) is 11.5 Å². The summed E-state index contributed by atoms with van der Waals surface area (Å²) in [6.07, 6.45) is 4.17. The third-order valence-corrected chi connectivity index (χ3v) is 1.86. The molecule has 0 aromatic carbocycles. The SMILES string of the molecule is Nc1cncc(CCBr)c1N. The molecule has 11 heavy (non-hydrogen) atoms. The van der Waals surface area contributed by atoms with Crippen molar-refractivity contribution in [3.8, 4) is 0 Å². The Balaban J connectivity index is 2.96. The fraction of sp³-hybridized carbons (Fsp3) is 0.286. The molecule has 0 fully saturated rings. The minimum absolute atomic E-state index is 0.559. The quantitative estimate of drug-likeness (QED) is 0.729. The van der Waals surface area contributed by atoms with Crippen molar-refractivity contribution < 1.29 is 0 Å². The van der Waals surface area contributed by atoms with Gasteiger partial charge < -0.3 is 11.5 Å². The summed E-state index contributed by atoms with van der Waals surface area (Å²) in [7, 11) is 0. The second-order valence-corrected chi connectivity index (χ2v) is 3.03. The Morgan fingerprint density at radius 3 is 2.73 bits per heavy atom. The van der Waals surface area contributed by atoms with Crippen molar-refractivity contribution in [2.24, 2.45) is 0 Å². The third-order valence-electron chi connectivity index (χ3n) is 1.46. The second kappa shape index (κ2) is 3.57. The Kier molecular flexibility index (Phi) is 2.70. The molecule has 4 heteroatoms. The maximum Gasteiger partial charge on any atom is 0.0737 e. The molecule has 1 rings (SSSR count). The number of hydrogen-bond donors (Lipinski definition) is 2. The van der Waals surface area contributed by atoms with Crippen LogP contribution in [0.25, 0.3) is 0 Å². The van der Waals surface area contributed by atoms with Gasteiger partial charge in [-0.3, -0.25) is 4.98 Å². The van der Waals surface area contributed by atoms with Crippen molar-refractivity contribution in [3.63, 3.8) is 0 Å².